The number of esters is 1. The molecule has 0 unspecified atom stereocenters. The molecule has 0 bridgehead atoms. The minimum absolute atomic E-state index is 0.187. The summed E-state index contributed by atoms with van der Waals surface area (Å²) in [4.78, 5) is 17.0. The van der Waals surface area contributed by atoms with Crippen LogP contribution in [-0.4, -0.2) is 22.6 Å². The van der Waals surface area contributed by atoms with Crippen LogP contribution in [0.1, 0.15) is 42.6 Å². The van der Waals surface area contributed by atoms with Gasteiger partial charge in [-0.15, -0.1) is 0 Å². The Morgan fingerprint density at radius 1 is 0.912 bits per heavy atom. The van der Waals surface area contributed by atoms with Crippen molar-refractivity contribution in [3.05, 3.63) is 108 Å². The first kappa shape index (κ1) is 24.2. The molecule has 174 valence electrons. The van der Waals surface area contributed by atoms with Crippen LogP contribution in [0.15, 0.2) is 91.1 Å². The Balaban J connectivity index is 1.79. The first-order valence-corrected chi connectivity index (χ1v) is 13.9. The summed E-state index contributed by atoms with van der Waals surface area (Å²) in [5.41, 5.74) is 1.70. The molecule has 6 heteroatoms. The van der Waals surface area contributed by atoms with Gasteiger partial charge in [0.2, 0.25) is 12.4 Å². The fraction of sp³-hybridized carbons (Fsp3) is 0.214. The molecule has 0 aliphatic rings. The van der Waals surface area contributed by atoms with Crippen molar-refractivity contribution in [3.8, 4) is 0 Å². The number of carbonyl (C=O) groups is 1. The highest BCUT2D eigenvalue weighted by atomic mass is 35.7. The molecule has 0 spiro atoms. The second-order valence-corrected chi connectivity index (χ2v) is 13.5. The number of imidazole rings is 1. The minimum Gasteiger partial charge on any atom is -0.463 e. The second-order valence-electron chi connectivity index (χ2n) is 9.25. The molecule has 0 N–H and O–H groups in total. The number of halogens is 1. The average molecular weight is 492 g/mol. The van der Waals surface area contributed by atoms with Gasteiger partial charge < -0.3 is 9.30 Å². The summed E-state index contributed by atoms with van der Waals surface area (Å²) in [6.07, 6.45) is 1.94. The molecule has 4 aromatic rings. The van der Waals surface area contributed by atoms with Crippen LogP contribution < -0.4 is 15.9 Å². The summed E-state index contributed by atoms with van der Waals surface area (Å²) in [7, 11) is 1.38. The number of nitrogens with zero attached hydrogens (tertiary/aromatic N) is 2. The van der Waals surface area contributed by atoms with E-state index in [1.54, 1.807) is 0 Å². The van der Waals surface area contributed by atoms with Crippen molar-refractivity contribution in [2.45, 2.75) is 32.7 Å². The van der Waals surface area contributed by atoms with Gasteiger partial charge >= 0.3 is 5.97 Å². The number of benzene rings is 3. The third-order valence-corrected chi connectivity index (χ3v) is 10.5. The molecule has 0 saturated heterocycles. The van der Waals surface area contributed by atoms with E-state index in [1.165, 1.54) is 7.11 Å². The van der Waals surface area contributed by atoms with E-state index in [0.29, 0.717) is 12.4 Å². The van der Waals surface area contributed by atoms with Gasteiger partial charge in [0, 0.05) is 18.2 Å². The van der Waals surface area contributed by atoms with Crippen LogP contribution in [0, 0.1) is 0 Å². The van der Waals surface area contributed by atoms with Crippen LogP contribution >= 0.6 is 17.9 Å². The largest absolute Gasteiger partial charge is 0.463 e. The molecule has 3 aromatic carbocycles. The molecule has 4 nitrogen and oxygen atoms in total. The van der Waals surface area contributed by atoms with Crippen molar-refractivity contribution in [3.63, 3.8) is 0 Å². The quantitative estimate of drug-likeness (QED) is 0.265. The Morgan fingerprint density at radius 3 is 2.00 bits per heavy atom. The average Bonchev–Trinajstić information content (AvgIpc) is 3.28. The summed E-state index contributed by atoms with van der Waals surface area (Å²) in [5.74, 6) is -0.143. The van der Waals surface area contributed by atoms with E-state index in [-0.39, 0.29) is 5.41 Å². The van der Waals surface area contributed by atoms with Crippen LogP contribution in [0.4, 0.5) is 0 Å². The molecule has 0 aliphatic heterocycles. The maximum absolute atomic E-state index is 12.4. The summed E-state index contributed by atoms with van der Waals surface area (Å²) < 4.78 is 6.86. The lowest BCUT2D eigenvalue weighted by atomic mass is 9.93. The normalized spacial score (nSPS) is 11.9. The van der Waals surface area contributed by atoms with Crippen LogP contribution in [0.3, 0.4) is 0 Å². The van der Waals surface area contributed by atoms with Gasteiger partial charge in [-0.1, -0.05) is 69.3 Å². The summed E-state index contributed by atoms with van der Waals surface area (Å²) in [5, 5.41) is 3.28. The zero-order chi connectivity index (χ0) is 24.3. The van der Waals surface area contributed by atoms with E-state index in [1.807, 2.05) is 53.2 Å². The summed E-state index contributed by atoms with van der Waals surface area (Å²) in [6, 6.07) is 28.9. The second kappa shape index (κ2) is 9.74. The highest BCUT2D eigenvalue weighted by molar-refractivity contribution is 8.14. The first-order valence-electron chi connectivity index (χ1n) is 11.2. The Labute approximate surface area is 206 Å². The van der Waals surface area contributed by atoms with Crippen LogP contribution in [0.5, 0.6) is 0 Å². The van der Waals surface area contributed by atoms with E-state index in [2.05, 4.69) is 68.2 Å². The molecular formula is C28H29ClN2O2P+. The van der Waals surface area contributed by atoms with Crippen molar-refractivity contribution in [2.75, 3.05) is 7.11 Å². The fourth-order valence-corrected chi connectivity index (χ4v) is 7.60. The lowest BCUT2D eigenvalue weighted by Gasteiger charge is -2.20. The van der Waals surface area contributed by atoms with Crippen LogP contribution in [-0.2, 0) is 16.7 Å². The monoisotopic (exact) mass is 491 g/mol. The number of carbonyl (C=O) groups excluding carboxylic acids is 1. The zero-order valence-corrected chi connectivity index (χ0v) is 21.6. The SMILES string of the molecule is COC(=O)c1nc(C(C)(C)C)cn1Cc1cccc([P+](Cl)(c2ccccc2)c2ccccc2)c1. The molecule has 0 fully saturated rings. The third kappa shape index (κ3) is 4.80. The molecule has 1 heterocycles. The maximum atomic E-state index is 12.4. The molecule has 0 saturated carbocycles. The Hall–Kier alpha value is -2.94. The third-order valence-electron chi connectivity index (χ3n) is 5.76. The van der Waals surface area contributed by atoms with Gasteiger partial charge in [-0.2, -0.15) is 0 Å². The van der Waals surface area contributed by atoms with Gasteiger partial charge in [0.05, 0.1) is 12.8 Å². The van der Waals surface area contributed by atoms with Crippen molar-refractivity contribution in [1.82, 2.24) is 9.55 Å². The zero-order valence-electron chi connectivity index (χ0n) is 19.9. The molecule has 0 amide bonds. The van der Waals surface area contributed by atoms with E-state index in [9.17, 15) is 4.79 Å². The highest BCUT2D eigenvalue weighted by Gasteiger charge is 2.44. The van der Waals surface area contributed by atoms with Crippen molar-refractivity contribution >= 4 is 39.7 Å². The predicted molar refractivity (Wildman–Crippen MR) is 142 cm³/mol. The number of ether oxygens (including phenoxy) is 1. The van der Waals surface area contributed by atoms with E-state index < -0.39 is 12.6 Å². The summed E-state index contributed by atoms with van der Waals surface area (Å²) in [6.45, 7) is 4.36. The van der Waals surface area contributed by atoms with Gasteiger partial charge in [0.25, 0.3) is 0 Å². The van der Waals surface area contributed by atoms with Gasteiger partial charge in [-0.3, -0.25) is 0 Å². The van der Waals surface area contributed by atoms with Gasteiger partial charge in [-0.05, 0) is 42.0 Å². The molecule has 0 atom stereocenters. The summed E-state index contributed by atoms with van der Waals surface area (Å²) >= 11 is 7.58. The highest BCUT2D eigenvalue weighted by Crippen LogP contribution is 2.60. The first-order chi connectivity index (χ1) is 16.2. The fourth-order valence-electron chi connectivity index (χ4n) is 3.91. The van der Waals surface area contributed by atoms with Gasteiger partial charge in [0.15, 0.2) is 0 Å². The topological polar surface area (TPSA) is 44.1 Å². The number of aromatic nitrogens is 2. The predicted octanol–water partition coefficient (Wildman–Crippen LogP) is 5.46. The Kier molecular flexibility index (Phi) is 6.93. The molecule has 34 heavy (non-hydrogen) atoms. The van der Waals surface area contributed by atoms with Crippen LogP contribution in [0.2, 0.25) is 0 Å². The van der Waals surface area contributed by atoms with Gasteiger partial charge in [0.1, 0.15) is 27.2 Å². The smallest absolute Gasteiger partial charge is 0.374 e. The Bertz CT molecular complexity index is 1240. The Morgan fingerprint density at radius 2 is 1.47 bits per heavy atom. The van der Waals surface area contributed by atoms with Gasteiger partial charge in [-0.25, -0.2) is 9.78 Å². The minimum atomic E-state index is -2.36. The van der Waals surface area contributed by atoms with Crippen molar-refractivity contribution < 1.29 is 9.53 Å². The van der Waals surface area contributed by atoms with Crippen molar-refractivity contribution in [2.24, 2.45) is 0 Å². The van der Waals surface area contributed by atoms with Crippen LogP contribution in [0.25, 0.3) is 0 Å². The number of hydrogen-bond donors (Lipinski definition) is 0. The lowest BCUT2D eigenvalue weighted by Crippen LogP contribution is -2.27. The molecule has 0 aliphatic carbocycles. The number of rotatable bonds is 6. The molecule has 1 aromatic heterocycles. The van der Waals surface area contributed by atoms with E-state index in [0.717, 1.165) is 27.2 Å². The van der Waals surface area contributed by atoms with Crippen molar-refractivity contribution in [1.29, 1.82) is 0 Å². The molecule has 4 rings (SSSR count). The van der Waals surface area contributed by atoms with E-state index in [4.69, 9.17) is 16.0 Å². The number of methoxy groups -OCH3 is 1. The molecule has 0 radical (unpaired) electrons. The lowest BCUT2D eigenvalue weighted by molar-refractivity contribution is 0.0581. The maximum Gasteiger partial charge on any atom is 0.374 e. The molecular weight excluding hydrogens is 463 g/mol. The number of hydrogen-bond acceptors (Lipinski definition) is 3. The standard InChI is InChI=1S/C28H29ClN2O2P/c1-28(2,3)25-20-31(26(30-25)27(32)33-4)19-21-12-11-17-24(18-21)34(29,22-13-7-5-8-14-22)23-15-9-6-10-16-23/h5-18,20H,19H2,1-4H3/q+1. The van der Waals surface area contributed by atoms with E-state index >= 15 is 0 Å².